The Hall–Kier alpha value is -1.38. The molecule has 2 rings (SSSR count). The fraction of sp³-hybridized carbons (Fsp3) is 0.312. The van der Waals surface area contributed by atoms with E-state index in [-0.39, 0.29) is 0 Å². The summed E-state index contributed by atoms with van der Waals surface area (Å²) in [4.78, 5) is 4.03. The molecule has 1 atom stereocenters. The molecule has 1 heterocycles. The molecule has 0 spiro atoms. The lowest BCUT2D eigenvalue weighted by atomic mass is 10.00. The fourth-order valence-electron chi connectivity index (χ4n) is 2.28. The lowest BCUT2D eigenvalue weighted by Gasteiger charge is -2.17. The van der Waals surface area contributed by atoms with Crippen LogP contribution < -0.4 is 5.32 Å². The Morgan fingerprint density at radius 2 is 2.00 bits per heavy atom. The molecule has 0 amide bonds. The van der Waals surface area contributed by atoms with Crippen LogP contribution in [0.1, 0.15) is 30.0 Å². The second-order valence-corrected chi connectivity index (χ2v) is 5.02. The number of aryl methyl sites for hydroxylation is 1. The summed E-state index contributed by atoms with van der Waals surface area (Å²) in [6.07, 6.45) is 6.80. The Morgan fingerprint density at radius 3 is 2.68 bits per heavy atom. The first-order chi connectivity index (χ1) is 9.31. The number of halogens is 1. The molecular weight excluding hydrogens is 256 g/mol. The summed E-state index contributed by atoms with van der Waals surface area (Å²) in [5.41, 5.74) is 2.52. The van der Waals surface area contributed by atoms with Gasteiger partial charge in [0.1, 0.15) is 0 Å². The van der Waals surface area contributed by atoms with Crippen molar-refractivity contribution in [1.29, 1.82) is 0 Å². The van der Waals surface area contributed by atoms with Crippen LogP contribution in [0.3, 0.4) is 0 Å². The van der Waals surface area contributed by atoms with Crippen molar-refractivity contribution in [3.8, 4) is 0 Å². The van der Waals surface area contributed by atoms with E-state index in [1.807, 2.05) is 13.1 Å². The highest BCUT2D eigenvalue weighted by Gasteiger charge is 2.12. The van der Waals surface area contributed by atoms with Crippen LogP contribution in [-0.2, 0) is 6.42 Å². The number of hydrogen-bond acceptors (Lipinski definition) is 2. The standard InChI is InChI=1S/C16H19ClN2/c1-18-16(14-10-11-19-12-15(14)17)9-5-8-13-6-3-2-4-7-13/h2-4,6-7,10-12,16,18H,5,8-9H2,1H3. The molecule has 3 heteroatoms. The first kappa shape index (κ1) is 14.0. The minimum atomic E-state index is 0.291. The molecule has 19 heavy (non-hydrogen) atoms. The minimum absolute atomic E-state index is 0.291. The predicted molar refractivity (Wildman–Crippen MR) is 80.4 cm³/mol. The molecule has 100 valence electrons. The van der Waals surface area contributed by atoms with Crippen molar-refractivity contribution in [3.63, 3.8) is 0 Å². The van der Waals surface area contributed by atoms with Gasteiger partial charge in [-0.15, -0.1) is 0 Å². The molecule has 0 radical (unpaired) electrons. The largest absolute Gasteiger partial charge is 0.313 e. The molecule has 1 unspecified atom stereocenters. The summed E-state index contributed by atoms with van der Waals surface area (Å²) in [6, 6.07) is 12.9. The fourth-order valence-corrected chi connectivity index (χ4v) is 2.53. The molecule has 0 aliphatic rings. The number of aromatic nitrogens is 1. The van der Waals surface area contributed by atoms with E-state index in [9.17, 15) is 0 Å². The summed E-state index contributed by atoms with van der Waals surface area (Å²) >= 11 is 6.19. The highest BCUT2D eigenvalue weighted by atomic mass is 35.5. The number of benzene rings is 1. The van der Waals surface area contributed by atoms with Gasteiger partial charge < -0.3 is 5.32 Å². The summed E-state index contributed by atoms with van der Waals surface area (Å²) in [6.45, 7) is 0. The van der Waals surface area contributed by atoms with Gasteiger partial charge in [-0.05, 0) is 43.5 Å². The molecule has 1 aromatic carbocycles. The van der Waals surface area contributed by atoms with E-state index < -0.39 is 0 Å². The number of nitrogens with zero attached hydrogens (tertiary/aromatic N) is 1. The Morgan fingerprint density at radius 1 is 1.21 bits per heavy atom. The van der Waals surface area contributed by atoms with Gasteiger partial charge in [0.05, 0.1) is 5.02 Å². The second kappa shape index (κ2) is 7.27. The Kier molecular flexibility index (Phi) is 5.37. The molecule has 0 aliphatic carbocycles. The average molecular weight is 275 g/mol. The van der Waals surface area contributed by atoms with Crippen molar-refractivity contribution in [2.75, 3.05) is 7.05 Å². The maximum atomic E-state index is 6.19. The summed E-state index contributed by atoms with van der Waals surface area (Å²) in [7, 11) is 1.98. The molecule has 0 saturated carbocycles. The van der Waals surface area contributed by atoms with Crippen LogP contribution in [0.2, 0.25) is 5.02 Å². The lowest BCUT2D eigenvalue weighted by Crippen LogP contribution is -2.17. The van der Waals surface area contributed by atoms with Crippen LogP contribution in [0.5, 0.6) is 0 Å². The minimum Gasteiger partial charge on any atom is -0.313 e. The van der Waals surface area contributed by atoms with E-state index in [0.717, 1.165) is 29.8 Å². The van der Waals surface area contributed by atoms with Crippen molar-refractivity contribution >= 4 is 11.6 Å². The third-order valence-electron chi connectivity index (χ3n) is 3.33. The average Bonchev–Trinajstić information content (AvgIpc) is 2.46. The first-order valence-electron chi connectivity index (χ1n) is 6.62. The predicted octanol–water partition coefficient (Wildman–Crippen LogP) is 4.02. The summed E-state index contributed by atoms with van der Waals surface area (Å²) in [5, 5.41) is 4.07. The zero-order chi connectivity index (χ0) is 13.5. The lowest BCUT2D eigenvalue weighted by molar-refractivity contribution is 0.527. The molecular formula is C16H19ClN2. The number of rotatable bonds is 6. The zero-order valence-corrected chi connectivity index (χ0v) is 11.9. The van der Waals surface area contributed by atoms with Gasteiger partial charge >= 0.3 is 0 Å². The van der Waals surface area contributed by atoms with Gasteiger partial charge in [-0.25, -0.2) is 0 Å². The highest BCUT2D eigenvalue weighted by molar-refractivity contribution is 6.31. The molecule has 0 fully saturated rings. The molecule has 0 aliphatic heterocycles. The van der Waals surface area contributed by atoms with E-state index >= 15 is 0 Å². The van der Waals surface area contributed by atoms with E-state index in [1.165, 1.54) is 5.56 Å². The van der Waals surface area contributed by atoms with Gasteiger partial charge in [0, 0.05) is 18.4 Å². The molecule has 0 bridgehead atoms. The first-order valence-corrected chi connectivity index (χ1v) is 6.99. The Bertz CT molecular complexity index is 499. The van der Waals surface area contributed by atoms with Crippen LogP contribution in [0.4, 0.5) is 0 Å². The van der Waals surface area contributed by atoms with E-state index in [4.69, 9.17) is 11.6 Å². The van der Waals surface area contributed by atoms with Crippen molar-refractivity contribution in [2.45, 2.75) is 25.3 Å². The van der Waals surface area contributed by atoms with E-state index in [0.29, 0.717) is 6.04 Å². The molecule has 1 aromatic heterocycles. The van der Waals surface area contributed by atoms with E-state index in [2.05, 4.69) is 40.6 Å². The van der Waals surface area contributed by atoms with Crippen molar-refractivity contribution in [1.82, 2.24) is 10.3 Å². The topological polar surface area (TPSA) is 24.9 Å². The van der Waals surface area contributed by atoms with Crippen LogP contribution in [-0.4, -0.2) is 12.0 Å². The zero-order valence-electron chi connectivity index (χ0n) is 11.1. The summed E-state index contributed by atoms with van der Waals surface area (Å²) < 4.78 is 0. The third kappa shape index (κ3) is 4.05. The number of pyridine rings is 1. The van der Waals surface area contributed by atoms with Gasteiger partial charge in [0.2, 0.25) is 0 Å². The second-order valence-electron chi connectivity index (χ2n) is 4.62. The van der Waals surface area contributed by atoms with Crippen LogP contribution in [0, 0.1) is 0 Å². The highest BCUT2D eigenvalue weighted by Crippen LogP contribution is 2.25. The smallest absolute Gasteiger partial charge is 0.0637 e. The Balaban J connectivity index is 1.92. The van der Waals surface area contributed by atoms with Gasteiger partial charge in [-0.1, -0.05) is 41.9 Å². The maximum absolute atomic E-state index is 6.19. The SMILES string of the molecule is CNC(CCCc1ccccc1)c1ccncc1Cl. The van der Waals surface area contributed by atoms with Crippen molar-refractivity contribution < 1.29 is 0 Å². The summed E-state index contributed by atoms with van der Waals surface area (Å²) in [5.74, 6) is 0. The van der Waals surface area contributed by atoms with Gasteiger partial charge in [-0.2, -0.15) is 0 Å². The third-order valence-corrected chi connectivity index (χ3v) is 3.64. The number of hydrogen-bond donors (Lipinski definition) is 1. The normalized spacial score (nSPS) is 12.3. The van der Waals surface area contributed by atoms with E-state index in [1.54, 1.807) is 12.4 Å². The maximum Gasteiger partial charge on any atom is 0.0637 e. The van der Waals surface area contributed by atoms with Gasteiger partial charge in [0.15, 0.2) is 0 Å². The molecule has 2 aromatic rings. The van der Waals surface area contributed by atoms with Gasteiger partial charge in [-0.3, -0.25) is 4.98 Å². The number of nitrogens with one attached hydrogen (secondary N) is 1. The van der Waals surface area contributed by atoms with Crippen molar-refractivity contribution in [2.24, 2.45) is 0 Å². The molecule has 0 saturated heterocycles. The quantitative estimate of drug-likeness (QED) is 0.861. The van der Waals surface area contributed by atoms with Crippen LogP contribution in [0.25, 0.3) is 0 Å². The van der Waals surface area contributed by atoms with Gasteiger partial charge in [0.25, 0.3) is 0 Å². The molecule has 2 nitrogen and oxygen atoms in total. The van der Waals surface area contributed by atoms with Crippen LogP contribution >= 0.6 is 11.6 Å². The van der Waals surface area contributed by atoms with Crippen LogP contribution in [0.15, 0.2) is 48.8 Å². The molecule has 1 N–H and O–H groups in total. The monoisotopic (exact) mass is 274 g/mol. The Labute approximate surface area is 119 Å². The van der Waals surface area contributed by atoms with Crippen molar-refractivity contribution in [3.05, 3.63) is 64.9 Å².